The van der Waals surface area contributed by atoms with E-state index in [1.165, 1.54) is 0 Å². The Hall–Kier alpha value is -3.87. The van der Waals surface area contributed by atoms with Crippen molar-refractivity contribution in [3.05, 3.63) is 82.3 Å². The largest absolute Gasteiger partial charge is 0.508 e. The van der Waals surface area contributed by atoms with Gasteiger partial charge in [0.15, 0.2) is 0 Å². The fourth-order valence-corrected chi connectivity index (χ4v) is 3.22. The number of nitrogens with zero attached hydrogens (tertiary/aromatic N) is 2. The molecular formula is C22H21N5O2. The number of phenols is 1. The van der Waals surface area contributed by atoms with Gasteiger partial charge >= 0.3 is 5.69 Å². The summed E-state index contributed by atoms with van der Waals surface area (Å²) >= 11 is 0. The van der Waals surface area contributed by atoms with E-state index < -0.39 is 5.69 Å². The third kappa shape index (κ3) is 4.03. The summed E-state index contributed by atoms with van der Waals surface area (Å²) in [5, 5.41) is 13.1. The number of aromatic hydroxyl groups is 1. The summed E-state index contributed by atoms with van der Waals surface area (Å²) < 4.78 is 0. The summed E-state index contributed by atoms with van der Waals surface area (Å²) in [4.78, 5) is 26.2. The normalized spacial score (nSPS) is 10.8. The Bertz CT molecular complexity index is 1210. The molecule has 2 heterocycles. The Balaban J connectivity index is 1.64. The fourth-order valence-electron chi connectivity index (χ4n) is 3.22. The molecule has 0 aliphatic rings. The lowest BCUT2D eigenvalue weighted by Crippen LogP contribution is -2.12. The number of phenolic OH excluding ortho intramolecular Hbond substituents is 1. The summed E-state index contributed by atoms with van der Waals surface area (Å²) in [6.45, 7) is 4.43. The van der Waals surface area contributed by atoms with E-state index in [1.807, 2.05) is 50.4 Å². The molecule has 0 radical (unpaired) electrons. The van der Waals surface area contributed by atoms with E-state index in [9.17, 15) is 9.90 Å². The minimum Gasteiger partial charge on any atom is -0.508 e. The van der Waals surface area contributed by atoms with Gasteiger partial charge in [0.2, 0.25) is 0 Å². The van der Waals surface area contributed by atoms with Crippen LogP contribution >= 0.6 is 0 Å². The molecule has 146 valence electrons. The van der Waals surface area contributed by atoms with Crippen LogP contribution in [0.2, 0.25) is 0 Å². The second-order valence-electron chi connectivity index (χ2n) is 6.93. The number of imidazole rings is 1. The molecule has 0 spiro atoms. The maximum absolute atomic E-state index is 12.2. The SMILES string of the molecule is Cc1cc(-c2cc(-c3ccc(NCc4c[nH]cn4)cc3C)[nH]c(=O)n2)ccc1O. The Morgan fingerprint density at radius 2 is 1.93 bits per heavy atom. The number of benzene rings is 2. The lowest BCUT2D eigenvalue weighted by molar-refractivity contribution is 0.471. The molecule has 4 N–H and O–H groups in total. The van der Waals surface area contributed by atoms with Gasteiger partial charge in [-0.1, -0.05) is 6.07 Å². The summed E-state index contributed by atoms with van der Waals surface area (Å²) in [5.74, 6) is 0.215. The Kier molecular flexibility index (Phi) is 4.87. The number of aryl methyl sites for hydroxylation is 2. The van der Waals surface area contributed by atoms with Gasteiger partial charge in [-0.2, -0.15) is 4.98 Å². The first-order valence-corrected chi connectivity index (χ1v) is 9.23. The number of hydrogen-bond acceptors (Lipinski definition) is 5. The molecular weight excluding hydrogens is 366 g/mol. The van der Waals surface area contributed by atoms with Gasteiger partial charge in [-0.15, -0.1) is 0 Å². The lowest BCUT2D eigenvalue weighted by Gasteiger charge is -2.11. The van der Waals surface area contributed by atoms with Crippen LogP contribution in [0, 0.1) is 13.8 Å². The minimum atomic E-state index is -0.414. The maximum Gasteiger partial charge on any atom is 0.345 e. The van der Waals surface area contributed by atoms with Crippen LogP contribution in [0.1, 0.15) is 16.8 Å². The molecule has 0 amide bonds. The van der Waals surface area contributed by atoms with Crippen LogP contribution in [-0.2, 0) is 6.54 Å². The van der Waals surface area contributed by atoms with E-state index in [4.69, 9.17) is 0 Å². The average Bonchev–Trinajstić information content (AvgIpc) is 3.22. The Labute approximate surface area is 167 Å². The third-order valence-corrected chi connectivity index (χ3v) is 4.78. The van der Waals surface area contributed by atoms with Crippen LogP contribution < -0.4 is 11.0 Å². The first-order chi connectivity index (χ1) is 14.0. The molecule has 0 aliphatic heterocycles. The summed E-state index contributed by atoms with van der Waals surface area (Å²) in [6.07, 6.45) is 3.50. The van der Waals surface area contributed by atoms with Crippen molar-refractivity contribution in [3.8, 4) is 28.3 Å². The lowest BCUT2D eigenvalue weighted by atomic mass is 10.0. The molecule has 2 aromatic carbocycles. The molecule has 0 atom stereocenters. The molecule has 7 heteroatoms. The van der Waals surface area contributed by atoms with Crippen molar-refractivity contribution in [2.45, 2.75) is 20.4 Å². The predicted molar refractivity (Wildman–Crippen MR) is 113 cm³/mol. The molecule has 29 heavy (non-hydrogen) atoms. The molecule has 0 aliphatic carbocycles. The number of hydrogen-bond donors (Lipinski definition) is 4. The highest BCUT2D eigenvalue weighted by atomic mass is 16.3. The van der Waals surface area contributed by atoms with Gasteiger partial charge in [0, 0.05) is 23.0 Å². The van der Waals surface area contributed by atoms with Gasteiger partial charge in [-0.25, -0.2) is 9.78 Å². The summed E-state index contributed by atoms with van der Waals surface area (Å²) in [5.41, 5.74) is 6.20. The number of rotatable bonds is 5. The number of aromatic amines is 2. The zero-order chi connectivity index (χ0) is 20.4. The second kappa shape index (κ2) is 7.63. The number of H-pyrrole nitrogens is 2. The minimum absolute atomic E-state index is 0.215. The Morgan fingerprint density at radius 1 is 1.07 bits per heavy atom. The van der Waals surface area contributed by atoms with Gasteiger partial charge in [0.05, 0.1) is 30.0 Å². The van der Waals surface area contributed by atoms with Gasteiger partial charge in [0.25, 0.3) is 0 Å². The van der Waals surface area contributed by atoms with Crippen molar-refractivity contribution in [2.75, 3.05) is 5.32 Å². The number of anilines is 1. The van der Waals surface area contributed by atoms with Crippen LogP contribution in [0.15, 0.2) is 59.8 Å². The van der Waals surface area contributed by atoms with Gasteiger partial charge in [-0.3, -0.25) is 0 Å². The van der Waals surface area contributed by atoms with E-state index in [0.29, 0.717) is 17.9 Å². The molecule has 0 unspecified atom stereocenters. The second-order valence-corrected chi connectivity index (χ2v) is 6.93. The first-order valence-electron chi connectivity index (χ1n) is 9.23. The molecule has 7 nitrogen and oxygen atoms in total. The van der Waals surface area contributed by atoms with Crippen molar-refractivity contribution in [1.82, 2.24) is 19.9 Å². The zero-order valence-electron chi connectivity index (χ0n) is 16.2. The summed E-state index contributed by atoms with van der Waals surface area (Å²) in [6, 6.07) is 13.0. The van der Waals surface area contributed by atoms with Crippen LogP contribution in [-0.4, -0.2) is 25.0 Å². The Morgan fingerprint density at radius 3 is 2.66 bits per heavy atom. The van der Waals surface area contributed by atoms with Crippen molar-refractivity contribution in [3.63, 3.8) is 0 Å². The monoisotopic (exact) mass is 387 g/mol. The highest BCUT2D eigenvalue weighted by molar-refractivity contribution is 5.72. The van der Waals surface area contributed by atoms with Crippen LogP contribution in [0.4, 0.5) is 5.69 Å². The third-order valence-electron chi connectivity index (χ3n) is 4.78. The van der Waals surface area contributed by atoms with Crippen LogP contribution in [0.25, 0.3) is 22.5 Å². The molecule has 4 aromatic rings. The van der Waals surface area contributed by atoms with Crippen molar-refractivity contribution < 1.29 is 5.11 Å². The van der Waals surface area contributed by atoms with Gasteiger partial charge in [-0.05, 0) is 61.4 Å². The first kappa shape index (κ1) is 18.5. The zero-order valence-corrected chi connectivity index (χ0v) is 16.2. The van der Waals surface area contributed by atoms with Crippen molar-refractivity contribution >= 4 is 5.69 Å². The van der Waals surface area contributed by atoms with Crippen molar-refractivity contribution in [1.29, 1.82) is 0 Å². The van der Waals surface area contributed by atoms with E-state index in [1.54, 1.807) is 18.5 Å². The maximum atomic E-state index is 12.2. The highest BCUT2D eigenvalue weighted by Crippen LogP contribution is 2.28. The molecule has 0 saturated carbocycles. The summed E-state index contributed by atoms with van der Waals surface area (Å²) in [7, 11) is 0. The molecule has 2 aromatic heterocycles. The van der Waals surface area contributed by atoms with Crippen molar-refractivity contribution in [2.24, 2.45) is 0 Å². The standard InChI is InChI=1S/C22H21N5O2/c1-13-8-16(24-11-17-10-23-12-25-17)4-5-18(13)20-9-19(26-22(29)27-20)15-3-6-21(28)14(2)7-15/h3-10,12,24,28H,11H2,1-2H3,(H,23,25)(H,26,27,29). The molecule has 4 rings (SSSR count). The van der Waals surface area contributed by atoms with E-state index in [2.05, 4.69) is 25.3 Å². The molecule has 0 saturated heterocycles. The predicted octanol–water partition coefficient (Wildman–Crippen LogP) is 3.76. The van der Waals surface area contributed by atoms with E-state index in [-0.39, 0.29) is 5.75 Å². The number of aromatic nitrogens is 4. The quantitative estimate of drug-likeness (QED) is 0.417. The highest BCUT2D eigenvalue weighted by Gasteiger charge is 2.10. The molecule has 0 fully saturated rings. The van der Waals surface area contributed by atoms with E-state index in [0.717, 1.165) is 33.6 Å². The van der Waals surface area contributed by atoms with Crippen LogP contribution in [0.5, 0.6) is 5.75 Å². The number of nitrogens with one attached hydrogen (secondary N) is 3. The van der Waals surface area contributed by atoms with E-state index >= 15 is 0 Å². The molecule has 0 bridgehead atoms. The van der Waals surface area contributed by atoms with Crippen LogP contribution in [0.3, 0.4) is 0 Å². The average molecular weight is 387 g/mol. The topological polar surface area (TPSA) is 107 Å². The van der Waals surface area contributed by atoms with Gasteiger partial charge < -0.3 is 20.4 Å². The fraction of sp³-hybridized carbons (Fsp3) is 0.136. The smallest absolute Gasteiger partial charge is 0.345 e. The van der Waals surface area contributed by atoms with Gasteiger partial charge in [0.1, 0.15) is 5.75 Å².